The number of ether oxygens (including phenoxy) is 1. The molecule has 1 aliphatic rings. The van der Waals surface area contributed by atoms with Crippen molar-refractivity contribution >= 4 is 11.6 Å². The van der Waals surface area contributed by atoms with Gasteiger partial charge in [-0.05, 0) is 20.2 Å². The molecule has 0 saturated carbocycles. The monoisotopic (exact) mass is 219 g/mol. The molecule has 0 saturated heterocycles. The lowest BCUT2D eigenvalue weighted by atomic mass is 10.1. The number of hydrogen-bond donors (Lipinski definition) is 2. The van der Waals surface area contributed by atoms with Crippen molar-refractivity contribution in [3.63, 3.8) is 0 Å². The molecule has 5 heteroatoms. The van der Waals surface area contributed by atoms with Gasteiger partial charge in [0.1, 0.15) is 5.16 Å². The Hall–Kier alpha value is -0.290. The summed E-state index contributed by atoms with van der Waals surface area (Å²) in [6.07, 6.45) is 1.76. The van der Waals surface area contributed by atoms with Gasteiger partial charge in [-0.2, -0.15) is 0 Å². The number of rotatable bonds is 4. The third-order valence-electron chi connectivity index (χ3n) is 2.09. The first-order valence-corrected chi connectivity index (χ1v) is 5.10. The molecule has 1 heterocycles. The lowest BCUT2D eigenvalue weighted by molar-refractivity contribution is 0.0547. The Balaban J connectivity index is 2.31. The molecule has 1 rings (SSSR count). The van der Waals surface area contributed by atoms with Gasteiger partial charge in [-0.1, -0.05) is 11.6 Å². The van der Waals surface area contributed by atoms with Crippen LogP contribution in [0.4, 0.5) is 0 Å². The third kappa shape index (κ3) is 3.84. The van der Waals surface area contributed by atoms with E-state index in [9.17, 15) is 0 Å². The fraction of sp³-hybridized carbons (Fsp3) is 0.778. The highest BCUT2D eigenvalue weighted by atomic mass is 35.5. The van der Waals surface area contributed by atoms with Crippen LogP contribution in [-0.2, 0) is 4.74 Å². The van der Waals surface area contributed by atoms with Gasteiger partial charge in [0, 0.05) is 13.1 Å². The Kier molecular flexibility index (Phi) is 4.68. The van der Waals surface area contributed by atoms with Gasteiger partial charge >= 0.3 is 0 Å². The van der Waals surface area contributed by atoms with E-state index in [0.717, 1.165) is 6.54 Å². The van der Waals surface area contributed by atoms with E-state index >= 15 is 0 Å². The van der Waals surface area contributed by atoms with Crippen molar-refractivity contribution in [3.05, 3.63) is 11.2 Å². The van der Waals surface area contributed by atoms with Crippen LogP contribution in [0.15, 0.2) is 11.2 Å². The molecule has 0 aliphatic carbocycles. The highest BCUT2D eigenvalue weighted by molar-refractivity contribution is 6.29. The molecule has 82 valence electrons. The maximum Gasteiger partial charge on any atom is 0.100 e. The number of hydrogen-bond acceptors (Lipinski definition) is 4. The number of nitrogens with two attached hydrogens (primary N) is 1. The van der Waals surface area contributed by atoms with Gasteiger partial charge in [-0.15, -0.1) is 0 Å². The van der Waals surface area contributed by atoms with Crippen molar-refractivity contribution in [2.24, 2.45) is 5.73 Å². The number of halogens is 1. The molecule has 4 nitrogen and oxygen atoms in total. The molecule has 0 radical (unpaired) electrons. The van der Waals surface area contributed by atoms with Gasteiger partial charge in [-0.3, -0.25) is 0 Å². The summed E-state index contributed by atoms with van der Waals surface area (Å²) in [5.41, 5.74) is 5.85. The predicted octanol–water partition coefficient (Wildman–Crippen LogP) is -0.0561. The summed E-state index contributed by atoms with van der Waals surface area (Å²) >= 11 is 5.82. The Morgan fingerprint density at radius 3 is 3.07 bits per heavy atom. The molecule has 2 unspecified atom stereocenters. The zero-order chi connectivity index (χ0) is 10.6. The van der Waals surface area contributed by atoms with Gasteiger partial charge in [0.15, 0.2) is 0 Å². The minimum absolute atomic E-state index is 0.0142. The van der Waals surface area contributed by atoms with Crippen molar-refractivity contribution in [1.29, 1.82) is 0 Å². The van der Waals surface area contributed by atoms with Crippen molar-refractivity contribution in [3.8, 4) is 0 Å². The second kappa shape index (κ2) is 5.56. The predicted molar refractivity (Wildman–Crippen MR) is 58.2 cm³/mol. The van der Waals surface area contributed by atoms with E-state index < -0.39 is 0 Å². The van der Waals surface area contributed by atoms with Crippen LogP contribution in [0, 0.1) is 0 Å². The standard InChI is InChI=1S/C9H18ClN3O/c1-13(2)3-4-14-8-5-9(10)12-6-7(8)11/h5,7-8,12H,3-4,6,11H2,1-2H3. The Morgan fingerprint density at radius 2 is 2.43 bits per heavy atom. The van der Waals surface area contributed by atoms with Gasteiger partial charge in [-0.25, -0.2) is 0 Å². The molecule has 0 amide bonds. The zero-order valence-electron chi connectivity index (χ0n) is 8.66. The summed E-state index contributed by atoms with van der Waals surface area (Å²) in [6, 6.07) is -0.0142. The summed E-state index contributed by atoms with van der Waals surface area (Å²) in [4.78, 5) is 2.07. The largest absolute Gasteiger partial charge is 0.374 e. The molecule has 14 heavy (non-hydrogen) atoms. The minimum atomic E-state index is -0.0660. The zero-order valence-corrected chi connectivity index (χ0v) is 9.42. The first-order valence-electron chi connectivity index (χ1n) is 4.72. The van der Waals surface area contributed by atoms with Gasteiger partial charge in [0.05, 0.1) is 18.8 Å². The molecule has 0 bridgehead atoms. The molecular formula is C9H18ClN3O. The first-order chi connectivity index (χ1) is 6.59. The summed E-state index contributed by atoms with van der Waals surface area (Å²) in [7, 11) is 4.02. The molecule has 1 aliphatic heterocycles. The molecule has 2 atom stereocenters. The van der Waals surface area contributed by atoms with E-state index in [1.807, 2.05) is 20.2 Å². The van der Waals surface area contributed by atoms with Crippen LogP contribution in [0.2, 0.25) is 0 Å². The van der Waals surface area contributed by atoms with Gasteiger partial charge in [0.25, 0.3) is 0 Å². The number of nitrogens with zero attached hydrogens (tertiary/aromatic N) is 1. The van der Waals surface area contributed by atoms with Crippen LogP contribution < -0.4 is 11.1 Å². The first kappa shape index (κ1) is 11.8. The van der Waals surface area contributed by atoms with Gasteiger partial charge < -0.3 is 20.7 Å². The molecule has 3 N–H and O–H groups in total. The summed E-state index contributed by atoms with van der Waals surface area (Å²) in [6.45, 7) is 2.23. The van der Waals surface area contributed by atoms with E-state index in [-0.39, 0.29) is 12.1 Å². The van der Waals surface area contributed by atoms with E-state index in [2.05, 4.69) is 10.2 Å². The van der Waals surface area contributed by atoms with Crippen LogP contribution in [0.25, 0.3) is 0 Å². The van der Waals surface area contributed by atoms with Crippen LogP contribution in [0.1, 0.15) is 0 Å². The fourth-order valence-corrected chi connectivity index (χ4v) is 1.40. The number of likely N-dealkylation sites (N-methyl/N-ethyl adjacent to an activating group) is 1. The quantitative estimate of drug-likeness (QED) is 0.651. The Morgan fingerprint density at radius 1 is 1.71 bits per heavy atom. The van der Waals surface area contributed by atoms with E-state index in [1.54, 1.807) is 0 Å². The van der Waals surface area contributed by atoms with Crippen LogP contribution >= 0.6 is 11.6 Å². The van der Waals surface area contributed by atoms with Crippen molar-refractivity contribution in [2.75, 3.05) is 33.8 Å². The van der Waals surface area contributed by atoms with E-state index in [0.29, 0.717) is 18.3 Å². The molecule has 0 spiro atoms. The topological polar surface area (TPSA) is 50.5 Å². The second-order valence-electron chi connectivity index (χ2n) is 3.70. The molecule has 0 aromatic heterocycles. The minimum Gasteiger partial charge on any atom is -0.374 e. The SMILES string of the molecule is CN(C)CCOC1C=C(Cl)NCC1N. The molecule has 0 fully saturated rings. The average molecular weight is 220 g/mol. The summed E-state index contributed by atoms with van der Waals surface area (Å²) < 4.78 is 5.61. The highest BCUT2D eigenvalue weighted by Gasteiger charge is 2.20. The van der Waals surface area contributed by atoms with Crippen molar-refractivity contribution < 1.29 is 4.74 Å². The average Bonchev–Trinajstić information content (AvgIpc) is 2.10. The fourth-order valence-electron chi connectivity index (χ4n) is 1.20. The Labute approximate surface area is 90.0 Å². The maximum atomic E-state index is 5.85. The number of nitrogens with one attached hydrogen (secondary N) is 1. The summed E-state index contributed by atoms with van der Waals surface area (Å²) in [5, 5.41) is 3.60. The third-order valence-corrected chi connectivity index (χ3v) is 2.35. The lowest BCUT2D eigenvalue weighted by Gasteiger charge is -2.27. The molecule has 0 aromatic rings. The van der Waals surface area contributed by atoms with Crippen LogP contribution in [0.5, 0.6) is 0 Å². The van der Waals surface area contributed by atoms with E-state index in [1.165, 1.54) is 0 Å². The van der Waals surface area contributed by atoms with Gasteiger partial charge in [0.2, 0.25) is 0 Å². The smallest absolute Gasteiger partial charge is 0.100 e. The van der Waals surface area contributed by atoms with E-state index in [4.69, 9.17) is 22.1 Å². The summed E-state index contributed by atoms with van der Waals surface area (Å²) in [5.74, 6) is 0. The van der Waals surface area contributed by atoms with Crippen molar-refractivity contribution in [2.45, 2.75) is 12.1 Å². The Bertz CT molecular complexity index is 208. The molecule has 0 aromatic carbocycles. The highest BCUT2D eigenvalue weighted by Crippen LogP contribution is 2.10. The van der Waals surface area contributed by atoms with Crippen LogP contribution in [-0.4, -0.2) is 50.8 Å². The van der Waals surface area contributed by atoms with Crippen molar-refractivity contribution in [1.82, 2.24) is 10.2 Å². The molecular weight excluding hydrogens is 202 g/mol. The second-order valence-corrected chi connectivity index (χ2v) is 4.11. The van der Waals surface area contributed by atoms with Crippen LogP contribution in [0.3, 0.4) is 0 Å². The maximum absolute atomic E-state index is 5.85. The lowest BCUT2D eigenvalue weighted by Crippen LogP contribution is -2.47. The normalized spacial score (nSPS) is 27.4.